The van der Waals surface area contributed by atoms with E-state index in [1.807, 2.05) is 44.2 Å². The molecule has 1 aromatic heterocycles. The molecule has 0 amide bonds. The van der Waals surface area contributed by atoms with Crippen LogP contribution in [0.4, 0.5) is 0 Å². The summed E-state index contributed by atoms with van der Waals surface area (Å²) in [5.74, 6) is -0.648. The zero-order valence-electron chi connectivity index (χ0n) is 17.8. The summed E-state index contributed by atoms with van der Waals surface area (Å²) in [6, 6.07) is 20.5. The van der Waals surface area contributed by atoms with Crippen LogP contribution in [0.5, 0.6) is 5.75 Å². The Morgan fingerprint density at radius 3 is 2.42 bits per heavy atom. The van der Waals surface area contributed by atoms with Crippen LogP contribution in [0.1, 0.15) is 45.8 Å². The Kier molecular flexibility index (Phi) is 6.88. The van der Waals surface area contributed by atoms with E-state index in [9.17, 15) is 9.59 Å². The SMILES string of the molecule is Cc1cc(C(=O)COC(=O)COc2ccccc2C#N)c(C)n1[C@H](C)c1ccccc1. The molecular formula is C25H24N2O4. The smallest absolute Gasteiger partial charge is 0.344 e. The highest BCUT2D eigenvalue weighted by atomic mass is 16.6. The van der Waals surface area contributed by atoms with Crippen molar-refractivity contribution in [1.29, 1.82) is 5.26 Å². The number of para-hydroxylation sites is 1. The fraction of sp³-hybridized carbons (Fsp3) is 0.240. The average Bonchev–Trinajstić information content (AvgIpc) is 3.10. The molecule has 0 fully saturated rings. The first kappa shape index (κ1) is 21.8. The van der Waals surface area contributed by atoms with Gasteiger partial charge in [0.05, 0.1) is 11.6 Å². The molecule has 0 aliphatic carbocycles. The average molecular weight is 416 g/mol. The maximum absolute atomic E-state index is 12.7. The first-order valence-electron chi connectivity index (χ1n) is 9.96. The van der Waals surface area contributed by atoms with E-state index in [0.29, 0.717) is 16.9 Å². The summed E-state index contributed by atoms with van der Waals surface area (Å²) in [7, 11) is 0. The molecule has 3 aromatic rings. The lowest BCUT2D eigenvalue weighted by molar-refractivity contribution is -0.144. The standard InChI is InChI=1S/C25H24N2O4/c1-17-13-22(19(3)27(17)18(2)20-9-5-4-6-10-20)23(28)15-31-25(29)16-30-24-12-8-7-11-21(24)14-26/h4-13,18H,15-16H2,1-3H3/t18-/m1/s1. The van der Waals surface area contributed by atoms with Crippen molar-refractivity contribution in [2.45, 2.75) is 26.8 Å². The third-order valence-corrected chi connectivity index (χ3v) is 5.17. The summed E-state index contributed by atoms with van der Waals surface area (Å²) in [4.78, 5) is 24.7. The van der Waals surface area contributed by atoms with Crippen LogP contribution < -0.4 is 4.74 Å². The molecule has 0 bridgehead atoms. The fourth-order valence-electron chi connectivity index (χ4n) is 3.62. The lowest BCUT2D eigenvalue weighted by Gasteiger charge is -2.19. The quantitative estimate of drug-likeness (QED) is 0.402. The molecule has 0 saturated heterocycles. The molecule has 0 spiro atoms. The minimum atomic E-state index is -0.674. The number of carbonyl (C=O) groups excluding carboxylic acids is 2. The van der Waals surface area contributed by atoms with Crippen molar-refractivity contribution in [3.05, 3.63) is 88.7 Å². The molecule has 0 aliphatic rings. The minimum Gasteiger partial charge on any atom is -0.481 e. The number of hydrogen-bond acceptors (Lipinski definition) is 5. The number of rotatable bonds is 8. The van der Waals surface area contributed by atoms with Crippen LogP contribution in [0, 0.1) is 25.2 Å². The Labute approximate surface area is 181 Å². The van der Waals surface area contributed by atoms with Gasteiger partial charge in [-0.25, -0.2) is 4.79 Å². The van der Waals surface area contributed by atoms with Crippen LogP contribution in [0.2, 0.25) is 0 Å². The number of nitrogens with zero attached hydrogens (tertiary/aromatic N) is 2. The molecule has 3 rings (SSSR count). The number of ether oxygens (including phenoxy) is 2. The van der Waals surface area contributed by atoms with Gasteiger partial charge in [0.2, 0.25) is 5.78 Å². The topological polar surface area (TPSA) is 81.3 Å². The van der Waals surface area contributed by atoms with E-state index in [0.717, 1.165) is 17.0 Å². The number of aromatic nitrogens is 1. The van der Waals surface area contributed by atoms with Gasteiger partial charge in [0.25, 0.3) is 0 Å². The van der Waals surface area contributed by atoms with Gasteiger partial charge in [0.1, 0.15) is 11.8 Å². The molecule has 0 unspecified atom stereocenters. The van der Waals surface area contributed by atoms with Crippen LogP contribution >= 0.6 is 0 Å². The largest absolute Gasteiger partial charge is 0.481 e. The van der Waals surface area contributed by atoms with Gasteiger partial charge < -0.3 is 14.0 Å². The third-order valence-electron chi connectivity index (χ3n) is 5.17. The second-order valence-corrected chi connectivity index (χ2v) is 7.22. The predicted octanol–water partition coefficient (Wildman–Crippen LogP) is 4.39. The van der Waals surface area contributed by atoms with Crippen molar-refractivity contribution >= 4 is 11.8 Å². The Morgan fingerprint density at radius 1 is 1.03 bits per heavy atom. The van der Waals surface area contributed by atoms with Crippen LogP contribution in [0.25, 0.3) is 0 Å². The highest BCUT2D eigenvalue weighted by Crippen LogP contribution is 2.25. The number of hydrogen-bond donors (Lipinski definition) is 0. The van der Waals surface area contributed by atoms with Gasteiger partial charge in [-0.3, -0.25) is 4.79 Å². The fourth-order valence-corrected chi connectivity index (χ4v) is 3.62. The molecule has 1 heterocycles. The lowest BCUT2D eigenvalue weighted by Crippen LogP contribution is -2.20. The molecule has 158 valence electrons. The maximum Gasteiger partial charge on any atom is 0.344 e. The number of nitriles is 1. The number of aryl methyl sites for hydroxylation is 1. The van der Waals surface area contributed by atoms with E-state index in [-0.39, 0.29) is 25.0 Å². The zero-order chi connectivity index (χ0) is 22.4. The molecule has 0 N–H and O–H groups in total. The summed E-state index contributed by atoms with van der Waals surface area (Å²) in [5.41, 5.74) is 3.79. The van der Waals surface area contributed by atoms with Gasteiger partial charge >= 0.3 is 5.97 Å². The maximum atomic E-state index is 12.7. The summed E-state index contributed by atoms with van der Waals surface area (Å²) in [6.07, 6.45) is 0. The molecule has 2 aromatic carbocycles. The first-order valence-corrected chi connectivity index (χ1v) is 9.96. The number of ketones is 1. The van der Waals surface area contributed by atoms with Crippen molar-refractivity contribution in [2.75, 3.05) is 13.2 Å². The van der Waals surface area contributed by atoms with Crippen molar-refractivity contribution < 1.29 is 19.1 Å². The second-order valence-electron chi connectivity index (χ2n) is 7.22. The van der Waals surface area contributed by atoms with Gasteiger partial charge in [-0.2, -0.15) is 5.26 Å². The van der Waals surface area contributed by atoms with Gasteiger partial charge in [-0.1, -0.05) is 42.5 Å². The van der Waals surface area contributed by atoms with Gasteiger partial charge in [-0.05, 0) is 44.5 Å². The normalized spacial score (nSPS) is 11.4. The van der Waals surface area contributed by atoms with Crippen LogP contribution in [-0.2, 0) is 9.53 Å². The van der Waals surface area contributed by atoms with E-state index < -0.39 is 5.97 Å². The molecule has 6 heteroatoms. The Hall–Kier alpha value is -3.85. The van der Waals surface area contributed by atoms with Gasteiger partial charge in [0.15, 0.2) is 13.2 Å². The molecule has 0 radical (unpaired) electrons. The van der Waals surface area contributed by atoms with Crippen LogP contribution in [0.3, 0.4) is 0 Å². The summed E-state index contributed by atoms with van der Waals surface area (Å²) < 4.78 is 12.5. The first-order chi connectivity index (χ1) is 14.9. The number of benzene rings is 2. The molecule has 0 saturated carbocycles. The van der Waals surface area contributed by atoms with E-state index in [1.165, 1.54) is 0 Å². The van der Waals surface area contributed by atoms with E-state index >= 15 is 0 Å². The van der Waals surface area contributed by atoms with E-state index in [2.05, 4.69) is 23.6 Å². The van der Waals surface area contributed by atoms with Crippen molar-refractivity contribution in [2.24, 2.45) is 0 Å². The summed E-state index contributed by atoms with van der Waals surface area (Å²) >= 11 is 0. The van der Waals surface area contributed by atoms with Crippen molar-refractivity contribution in [3.63, 3.8) is 0 Å². The van der Waals surface area contributed by atoms with E-state index in [4.69, 9.17) is 14.7 Å². The molecular weight excluding hydrogens is 392 g/mol. The molecule has 1 atom stereocenters. The van der Waals surface area contributed by atoms with Crippen molar-refractivity contribution in [3.8, 4) is 11.8 Å². The summed E-state index contributed by atoms with van der Waals surface area (Å²) in [6.45, 7) is 5.18. The van der Waals surface area contributed by atoms with Crippen LogP contribution in [-0.4, -0.2) is 29.5 Å². The second kappa shape index (κ2) is 9.77. The lowest BCUT2D eigenvalue weighted by atomic mass is 10.1. The monoisotopic (exact) mass is 416 g/mol. The zero-order valence-corrected chi connectivity index (χ0v) is 17.8. The number of carbonyl (C=O) groups is 2. The number of Topliss-reactive ketones (excluding diaryl/α,β-unsaturated/α-hetero) is 1. The highest BCUT2D eigenvalue weighted by Gasteiger charge is 2.20. The third kappa shape index (κ3) is 5.01. The molecule has 31 heavy (non-hydrogen) atoms. The highest BCUT2D eigenvalue weighted by molar-refractivity contribution is 5.99. The Balaban J connectivity index is 1.62. The molecule has 0 aliphatic heterocycles. The Morgan fingerprint density at radius 2 is 1.71 bits per heavy atom. The Bertz CT molecular complexity index is 1130. The molecule has 6 nitrogen and oxygen atoms in total. The van der Waals surface area contributed by atoms with Crippen LogP contribution in [0.15, 0.2) is 60.7 Å². The number of esters is 1. The predicted molar refractivity (Wildman–Crippen MR) is 116 cm³/mol. The van der Waals surface area contributed by atoms with E-state index in [1.54, 1.807) is 24.3 Å². The van der Waals surface area contributed by atoms with Crippen molar-refractivity contribution in [1.82, 2.24) is 4.57 Å². The summed E-state index contributed by atoms with van der Waals surface area (Å²) in [5, 5.41) is 9.06. The minimum absolute atomic E-state index is 0.0684. The van der Waals surface area contributed by atoms with Gasteiger partial charge in [-0.15, -0.1) is 0 Å². The van der Waals surface area contributed by atoms with Gasteiger partial charge in [0, 0.05) is 17.0 Å².